The number of nitrogens with one attached hydrogen (secondary N) is 1. The first kappa shape index (κ1) is 11.8. The molecule has 3 rings (SSSR count). The molecule has 0 aromatic heterocycles. The van der Waals surface area contributed by atoms with Crippen LogP contribution in [0.4, 0.5) is 5.69 Å². The molecule has 98 valence electrons. The third-order valence-electron chi connectivity index (χ3n) is 4.44. The van der Waals surface area contributed by atoms with E-state index in [4.69, 9.17) is 10.5 Å². The normalized spacial score (nSPS) is 25.2. The van der Waals surface area contributed by atoms with Gasteiger partial charge in [-0.05, 0) is 50.0 Å². The number of nitrogen functional groups attached to an aromatic ring is 1. The van der Waals surface area contributed by atoms with Crippen molar-refractivity contribution in [2.45, 2.75) is 38.2 Å². The Balaban J connectivity index is 2.09. The highest BCUT2D eigenvalue weighted by molar-refractivity contribution is 5.54. The van der Waals surface area contributed by atoms with Crippen molar-refractivity contribution < 1.29 is 4.74 Å². The quantitative estimate of drug-likeness (QED) is 0.748. The number of ether oxygens (including phenoxy) is 1. The van der Waals surface area contributed by atoms with E-state index in [2.05, 4.69) is 25.2 Å². The molecule has 2 heterocycles. The van der Waals surface area contributed by atoms with Gasteiger partial charge in [-0.3, -0.25) is 0 Å². The summed E-state index contributed by atoms with van der Waals surface area (Å²) in [5, 5.41) is 3.45. The van der Waals surface area contributed by atoms with E-state index in [1.54, 1.807) is 0 Å². The highest BCUT2D eigenvalue weighted by Gasteiger charge is 2.50. The van der Waals surface area contributed by atoms with Crippen molar-refractivity contribution in [2.75, 3.05) is 18.8 Å². The maximum absolute atomic E-state index is 6.23. The van der Waals surface area contributed by atoms with E-state index in [1.165, 1.54) is 5.56 Å². The summed E-state index contributed by atoms with van der Waals surface area (Å²) in [7, 11) is 0. The Labute approximate surface area is 109 Å². The maximum atomic E-state index is 6.23. The van der Waals surface area contributed by atoms with E-state index in [1.807, 2.05) is 12.1 Å². The van der Waals surface area contributed by atoms with Crippen molar-refractivity contribution in [3.63, 3.8) is 0 Å². The van der Waals surface area contributed by atoms with E-state index in [-0.39, 0.29) is 11.5 Å². The Bertz CT molecular complexity index is 450. The average Bonchev–Trinajstić information content (AvgIpc) is 2.65. The van der Waals surface area contributed by atoms with Crippen LogP contribution < -0.4 is 15.8 Å². The zero-order valence-corrected chi connectivity index (χ0v) is 11.2. The van der Waals surface area contributed by atoms with Gasteiger partial charge < -0.3 is 15.8 Å². The molecule has 1 aromatic carbocycles. The summed E-state index contributed by atoms with van der Waals surface area (Å²) < 4.78 is 6.23. The van der Waals surface area contributed by atoms with Crippen molar-refractivity contribution in [1.29, 1.82) is 0 Å². The Morgan fingerprint density at radius 3 is 2.72 bits per heavy atom. The fourth-order valence-corrected chi connectivity index (χ4v) is 3.64. The summed E-state index contributed by atoms with van der Waals surface area (Å²) in [6.07, 6.45) is 2.58. The van der Waals surface area contributed by atoms with Crippen LogP contribution in [-0.4, -0.2) is 19.2 Å². The Morgan fingerprint density at radius 1 is 1.33 bits per heavy atom. The van der Waals surface area contributed by atoms with E-state index >= 15 is 0 Å². The Hall–Kier alpha value is -1.22. The van der Waals surface area contributed by atoms with Crippen molar-refractivity contribution in [2.24, 2.45) is 5.92 Å². The van der Waals surface area contributed by atoms with Crippen LogP contribution in [0.2, 0.25) is 0 Å². The van der Waals surface area contributed by atoms with Crippen LogP contribution in [0.15, 0.2) is 18.2 Å². The van der Waals surface area contributed by atoms with Gasteiger partial charge in [0.05, 0.1) is 0 Å². The lowest BCUT2D eigenvalue weighted by atomic mass is 9.67. The second-order valence-electron chi connectivity index (χ2n) is 5.94. The van der Waals surface area contributed by atoms with Crippen molar-refractivity contribution in [3.05, 3.63) is 23.8 Å². The molecule has 3 heteroatoms. The number of anilines is 1. The topological polar surface area (TPSA) is 47.3 Å². The fraction of sp³-hybridized carbons (Fsp3) is 0.600. The van der Waals surface area contributed by atoms with Crippen molar-refractivity contribution in [1.82, 2.24) is 5.32 Å². The maximum Gasteiger partial charge on any atom is 0.123 e. The molecule has 0 saturated carbocycles. The van der Waals surface area contributed by atoms with Crippen LogP contribution in [0, 0.1) is 5.92 Å². The number of hydrogen-bond acceptors (Lipinski definition) is 3. The fourth-order valence-electron chi connectivity index (χ4n) is 3.64. The molecule has 1 fully saturated rings. The minimum absolute atomic E-state index is 0.171. The molecule has 0 bridgehead atoms. The first-order valence-electron chi connectivity index (χ1n) is 6.91. The molecule has 3 nitrogen and oxygen atoms in total. The van der Waals surface area contributed by atoms with Crippen molar-refractivity contribution >= 4 is 5.69 Å². The average molecular weight is 246 g/mol. The molecule has 1 saturated heterocycles. The summed E-state index contributed by atoms with van der Waals surface area (Å²) in [6.45, 7) is 6.65. The number of nitrogens with two attached hydrogens (primary N) is 1. The summed E-state index contributed by atoms with van der Waals surface area (Å²) in [4.78, 5) is 0. The molecule has 1 atom stereocenters. The zero-order chi connectivity index (χ0) is 12.8. The molecule has 0 radical (unpaired) electrons. The highest BCUT2D eigenvalue weighted by Crippen LogP contribution is 2.50. The van der Waals surface area contributed by atoms with Crippen LogP contribution in [0.1, 0.15) is 32.3 Å². The first-order chi connectivity index (χ1) is 8.63. The molecular weight excluding hydrogens is 224 g/mol. The lowest BCUT2D eigenvalue weighted by molar-refractivity contribution is 0.0781. The van der Waals surface area contributed by atoms with Gasteiger partial charge in [0, 0.05) is 16.7 Å². The minimum atomic E-state index is 0.171. The van der Waals surface area contributed by atoms with Gasteiger partial charge in [-0.2, -0.15) is 0 Å². The summed E-state index contributed by atoms with van der Waals surface area (Å²) >= 11 is 0. The van der Waals surface area contributed by atoms with Gasteiger partial charge in [0.1, 0.15) is 11.9 Å². The second kappa shape index (κ2) is 4.16. The van der Waals surface area contributed by atoms with Crippen LogP contribution in [0.3, 0.4) is 0 Å². The molecular formula is C15H22N2O. The van der Waals surface area contributed by atoms with Gasteiger partial charge >= 0.3 is 0 Å². The van der Waals surface area contributed by atoms with Gasteiger partial charge in [-0.15, -0.1) is 0 Å². The van der Waals surface area contributed by atoms with Crippen LogP contribution in [0.5, 0.6) is 5.75 Å². The third kappa shape index (κ3) is 1.61. The van der Waals surface area contributed by atoms with Gasteiger partial charge in [-0.25, -0.2) is 0 Å². The summed E-state index contributed by atoms with van der Waals surface area (Å²) in [5.74, 6) is 1.57. The molecule has 2 aliphatic rings. The first-order valence-corrected chi connectivity index (χ1v) is 6.91. The van der Waals surface area contributed by atoms with E-state index in [9.17, 15) is 0 Å². The number of piperidine rings is 1. The molecule has 0 aliphatic carbocycles. The minimum Gasteiger partial charge on any atom is -0.489 e. The van der Waals surface area contributed by atoms with E-state index < -0.39 is 0 Å². The highest BCUT2D eigenvalue weighted by atomic mass is 16.5. The molecule has 1 aromatic rings. The molecule has 0 amide bonds. The molecule has 1 spiro atoms. The van der Waals surface area contributed by atoms with Crippen LogP contribution in [-0.2, 0) is 5.41 Å². The Kier molecular flexibility index (Phi) is 2.74. The van der Waals surface area contributed by atoms with Gasteiger partial charge in [0.15, 0.2) is 0 Å². The summed E-state index contributed by atoms with van der Waals surface area (Å²) in [6, 6.07) is 6.11. The number of fused-ring (bicyclic) bond motifs is 2. The predicted octanol–water partition coefficient (Wildman–Crippen LogP) is 2.31. The monoisotopic (exact) mass is 246 g/mol. The molecule has 2 aliphatic heterocycles. The molecule has 1 unspecified atom stereocenters. The number of rotatable bonds is 1. The van der Waals surface area contributed by atoms with Gasteiger partial charge in [0.25, 0.3) is 0 Å². The second-order valence-corrected chi connectivity index (χ2v) is 5.94. The van der Waals surface area contributed by atoms with Gasteiger partial charge in [-0.1, -0.05) is 13.8 Å². The van der Waals surface area contributed by atoms with Crippen molar-refractivity contribution in [3.8, 4) is 5.75 Å². The predicted molar refractivity (Wildman–Crippen MR) is 73.9 cm³/mol. The van der Waals surface area contributed by atoms with E-state index in [0.29, 0.717) is 5.92 Å². The standard InChI is InChI=1S/C15H22N2O/c1-10(2)14-15(5-7-17-8-6-15)12-9-11(16)3-4-13(12)18-14/h3-4,9-10,14,17H,5-8,16H2,1-2H3. The molecule has 3 N–H and O–H groups in total. The van der Waals surface area contributed by atoms with Crippen LogP contribution in [0.25, 0.3) is 0 Å². The smallest absolute Gasteiger partial charge is 0.123 e. The SMILES string of the molecule is CC(C)C1Oc2ccc(N)cc2C12CCNCC2. The lowest BCUT2D eigenvalue weighted by Gasteiger charge is -2.39. The summed E-state index contributed by atoms with van der Waals surface area (Å²) in [5.41, 5.74) is 8.32. The Morgan fingerprint density at radius 2 is 2.06 bits per heavy atom. The number of hydrogen-bond donors (Lipinski definition) is 2. The van der Waals surface area contributed by atoms with E-state index in [0.717, 1.165) is 37.4 Å². The van der Waals surface area contributed by atoms with Gasteiger partial charge in [0.2, 0.25) is 0 Å². The molecule has 18 heavy (non-hydrogen) atoms. The number of benzene rings is 1. The zero-order valence-electron chi connectivity index (χ0n) is 11.2. The largest absolute Gasteiger partial charge is 0.489 e. The third-order valence-corrected chi connectivity index (χ3v) is 4.44. The lowest BCUT2D eigenvalue weighted by Crippen LogP contribution is -2.48. The van der Waals surface area contributed by atoms with Crippen LogP contribution >= 0.6 is 0 Å².